The summed E-state index contributed by atoms with van der Waals surface area (Å²) in [5.41, 5.74) is 1.55. The van der Waals surface area contributed by atoms with Crippen LogP contribution in [0, 0.1) is 5.92 Å². The lowest BCUT2D eigenvalue weighted by atomic mass is 9.93. The predicted octanol–water partition coefficient (Wildman–Crippen LogP) is 2.82. The molecule has 1 aromatic rings. The van der Waals surface area contributed by atoms with Gasteiger partial charge in [0.15, 0.2) is 0 Å². The van der Waals surface area contributed by atoms with Gasteiger partial charge >= 0.3 is 0 Å². The summed E-state index contributed by atoms with van der Waals surface area (Å²) in [7, 11) is 0. The fourth-order valence-electron chi connectivity index (χ4n) is 3.78. The van der Waals surface area contributed by atoms with Crippen LogP contribution < -0.4 is 5.32 Å². The van der Waals surface area contributed by atoms with Crippen molar-refractivity contribution in [1.29, 1.82) is 0 Å². The van der Waals surface area contributed by atoms with E-state index in [1.807, 2.05) is 0 Å². The van der Waals surface area contributed by atoms with E-state index < -0.39 is 0 Å². The number of aromatic nitrogens is 2. The van der Waals surface area contributed by atoms with Crippen LogP contribution in [0.2, 0.25) is 0 Å². The largest absolute Gasteiger partial charge is 0.309 e. The van der Waals surface area contributed by atoms with Crippen LogP contribution in [0.4, 0.5) is 0 Å². The van der Waals surface area contributed by atoms with Crippen molar-refractivity contribution in [1.82, 2.24) is 20.0 Å². The lowest BCUT2D eigenvalue weighted by Gasteiger charge is -2.41. The number of rotatable bonds is 6. The van der Waals surface area contributed by atoms with Gasteiger partial charge in [-0.3, -0.25) is 9.58 Å². The van der Waals surface area contributed by atoms with Crippen LogP contribution in [-0.4, -0.2) is 39.9 Å². The van der Waals surface area contributed by atoms with Crippen LogP contribution in [0.25, 0.3) is 0 Å². The van der Waals surface area contributed by atoms with Gasteiger partial charge in [0.1, 0.15) is 0 Å². The molecule has 3 rings (SSSR count). The van der Waals surface area contributed by atoms with E-state index in [0.717, 1.165) is 44.9 Å². The van der Waals surface area contributed by atoms with E-state index in [1.165, 1.54) is 18.5 Å². The predicted molar refractivity (Wildman–Crippen MR) is 86.3 cm³/mol. The molecule has 0 aromatic carbocycles. The van der Waals surface area contributed by atoms with Crippen LogP contribution in [0.15, 0.2) is 12.3 Å². The summed E-state index contributed by atoms with van der Waals surface area (Å²) < 4.78 is 2.16. The van der Waals surface area contributed by atoms with Gasteiger partial charge in [-0.25, -0.2) is 0 Å². The third-order valence-corrected chi connectivity index (χ3v) is 5.35. The minimum Gasteiger partial charge on any atom is -0.309 e. The lowest BCUT2D eigenvalue weighted by molar-refractivity contribution is 0.120. The summed E-state index contributed by atoms with van der Waals surface area (Å²) in [6, 6.07) is 2.76. The molecule has 0 bridgehead atoms. The zero-order valence-electron chi connectivity index (χ0n) is 13.8. The van der Waals surface area contributed by atoms with Gasteiger partial charge in [-0.2, -0.15) is 5.10 Å². The quantitative estimate of drug-likeness (QED) is 0.874. The van der Waals surface area contributed by atoms with Crippen molar-refractivity contribution in [2.45, 2.75) is 64.6 Å². The highest BCUT2D eigenvalue weighted by Gasteiger charge is 2.43. The SMILES string of the molecule is CCC(CC)n1ccc(CN2CCNC(C)(C3CC3)C2)n1. The molecule has 118 valence electrons. The molecule has 0 amide bonds. The molecule has 2 heterocycles. The van der Waals surface area contributed by atoms with Gasteiger partial charge in [-0.05, 0) is 44.6 Å². The molecule has 1 saturated carbocycles. The summed E-state index contributed by atoms with van der Waals surface area (Å²) in [6.45, 7) is 11.3. The molecule has 2 fully saturated rings. The van der Waals surface area contributed by atoms with Crippen LogP contribution in [0.1, 0.15) is 58.2 Å². The van der Waals surface area contributed by atoms with Gasteiger partial charge < -0.3 is 5.32 Å². The average molecular weight is 290 g/mol. The van der Waals surface area contributed by atoms with Gasteiger partial charge in [-0.1, -0.05) is 13.8 Å². The van der Waals surface area contributed by atoms with E-state index in [0.29, 0.717) is 11.6 Å². The Hall–Kier alpha value is -0.870. The molecule has 4 heteroatoms. The number of nitrogens with zero attached hydrogens (tertiary/aromatic N) is 3. The molecule has 1 N–H and O–H groups in total. The van der Waals surface area contributed by atoms with E-state index >= 15 is 0 Å². The Morgan fingerprint density at radius 2 is 2.14 bits per heavy atom. The molecule has 1 unspecified atom stereocenters. The number of nitrogens with one attached hydrogen (secondary N) is 1. The Labute approximate surface area is 128 Å². The van der Waals surface area contributed by atoms with Gasteiger partial charge in [0.25, 0.3) is 0 Å². The van der Waals surface area contributed by atoms with Gasteiger partial charge in [0.2, 0.25) is 0 Å². The number of hydrogen-bond acceptors (Lipinski definition) is 3. The minimum atomic E-state index is 0.330. The van der Waals surface area contributed by atoms with Crippen LogP contribution in [0.3, 0.4) is 0 Å². The molecule has 1 aromatic heterocycles. The second-order valence-corrected chi connectivity index (χ2v) is 7.09. The van der Waals surface area contributed by atoms with Crippen molar-refractivity contribution >= 4 is 0 Å². The van der Waals surface area contributed by atoms with Crippen LogP contribution >= 0.6 is 0 Å². The Bertz CT molecular complexity index is 461. The monoisotopic (exact) mass is 290 g/mol. The topological polar surface area (TPSA) is 33.1 Å². The normalized spacial score (nSPS) is 27.4. The van der Waals surface area contributed by atoms with Crippen molar-refractivity contribution in [2.75, 3.05) is 19.6 Å². The zero-order chi connectivity index (χ0) is 14.9. The van der Waals surface area contributed by atoms with Crippen molar-refractivity contribution in [3.63, 3.8) is 0 Å². The Morgan fingerprint density at radius 3 is 2.81 bits per heavy atom. The molecule has 0 radical (unpaired) electrons. The van der Waals surface area contributed by atoms with E-state index in [4.69, 9.17) is 5.10 Å². The summed E-state index contributed by atoms with van der Waals surface area (Å²) in [6.07, 6.45) is 7.28. The fraction of sp³-hybridized carbons (Fsp3) is 0.824. The van der Waals surface area contributed by atoms with Crippen molar-refractivity contribution in [3.05, 3.63) is 18.0 Å². The van der Waals surface area contributed by atoms with Crippen molar-refractivity contribution in [3.8, 4) is 0 Å². The molecule has 1 aliphatic carbocycles. The first-order chi connectivity index (χ1) is 10.1. The standard InChI is InChI=1S/C17H30N4/c1-4-16(5-2)21-10-8-15(19-21)12-20-11-9-18-17(3,13-20)14-6-7-14/h8,10,14,16,18H,4-7,9,11-13H2,1-3H3. The Morgan fingerprint density at radius 1 is 1.38 bits per heavy atom. The molecule has 1 aliphatic heterocycles. The summed E-state index contributed by atoms with van der Waals surface area (Å²) in [4.78, 5) is 2.58. The summed E-state index contributed by atoms with van der Waals surface area (Å²) in [5, 5.41) is 8.56. The average Bonchev–Trinajstić information content (AvgIpc) is 3.24. The van der Waals surface area contributed by atoms with E-state index in [9.17, 15) is 0 Å². The van der Waals surface area contributed by atoms with Crippen molar-refractivity contribution < 1.29 is 0 Å². The first-order valence-electron chi connectivity index (χ1n) is 8.66. The van der Waals surface area contributed by atoms with Crippen LogP contribution in [0.5, 0.6) is 0 Å². The highest BCUT2D eigenvalue weighted by molar-refractivity contribution is 5.05. The third-order valence-electron chi connectivity index (χ3n) is 5.35. The van der Waals surface area contributed by atoms with E-state index in [-0.39, 0.29) is 0 Å². The van der Waals surface area contributed by atoms with Gasteiger partial charge in [-0.15, -0.1) is 0 Å². The molecular weight excluding hydrogens is 260 g/mol. The second-order valence-electron chi connectivity index (χ2n) is 7.09. The maximum atomic E-state index is 4.81. The molecular formula is C17H30N4. The van der Waals surface area contributed by atoms with E-state index in [1.54, 1.807) is 0 Å². The first kappa shape index (κ1) is 15.0. The zero-order valence-corrected chi connectivity index (χ0v) is 13.8. The third kappa shape index (κ3) is 3.32. The molecule has 2 aliphatic rings. The first-order valence-corrected chi connectivity index (χ1v) is 8.66. The number of hydrogen-bond donors (Lipinski definition) is 1. The van der Waals surface area contributed by atoms with Gasteiger partial charge in [0, 0.05) is 37.9 Å². The molecule has 1 atom stereocenters. The second kappa shape index (κ2) is 6.09. The highest BCUT2D eigenvalue weighted by atomic mass is 15.3. The summed E-state index contributed by atoms with van der Waals surface area (Å²) >= 11 is 0. The van der Waals surface area contributed by atoms with E-state index in [2.05, 4.69) is 47.9 Å². The Balaban J connectivity index is 1.61. The summed E-state index contributed by atoms with van der Waals surface area (Å²) in [5.74, 6) is 0.891. The lowest BCUT2D eigenvalue weighted by Crippen LogP contribution is -2.59. The molecule has 1 saturated heterocycles. The maximum Gasteiger partial charge on any atom is 0.0764 e. The Kier molecular flexibility index (Phi) is 4.36. The van der Waals surface area contributed by atoms with Gasteiger partial charge in [0.05, 0.1) is 11.7 Å². The molecule has 21 heavy (non-hydrogen) atoms. The minimum absolute atomic E-state index is 0.330. The highest BCUT2D eigenvalue weighted by Crippen LogP contribution is 2.40. The van der Waals surface area contributed by atoms with Crippen LogP contribution in [-0.2, 0) is 6.54 Å². The molecule has 0 spiro atoms. The number of piperazine rings is 1. The maximum absolute atomic E-state index is 4.81. The smallest absolute Gasteiger partial charge is 0.0764 e. The van der Waals surface area contributed by atoms with Crippen molar-refractivity contribution in [2.24, 2.45) is 5.92 Å². The molecule has 4 nitrogen and oxygen atoms in total. The fourth-order valence-corrected chi connectivity index (χ4v) is 3.78.